The fraction of sp³-hybridized carbons (Fsp3) is 0.211. The maximum absolute atomic E-state index is 13.8. The Morgan fingerprint density at radius 2 is 1.89 bits per heavy atom. The highest BCUT2D eigenvalue weighted by atomic mass is 32.2. The van der Waals surface area contributed by atoms with E-state index in [4.69, 9.17) is 4.74 Å². The number of rotatable bonds is 6. The molecule has 3 rings (SSSR count). The Balaban J connectivity index is 1.62. The van der Waals surface area contributed by atoms with Gasteiger partial charge in [0.2, 0.25) is 0 Å². The number of hydrogen-bond acceptors (Lipinski definition) is 5. The molecule has 0 aromatic heterocycles. The average Bonchev–Trinajstić information content (AvgIpc) is 3.11. The quantitative estimate of drug-likeness (QED) is 0.608. The number of thioether (sulfide) groups is 1. The fourth-order valence-corrected chi connectivity index (χ4v) is 3.55. The Kier molecular flexibility index (Phi) is 6.08. The first-order valence-corrected chi connectivity index (χ1v) is 9.25. The number of ether oxygens (including phenoxy) is 1. The number of imide groups is 1. The van der Waals surface area contributed by atoms with Gasteiger partial charge in [0.05, 0.1) is 5.56 Å². The van der Waals surface area contributed by atoms with Crippen molar-refractivity contribution >= 4 is 29.7 Å². The van der Waals surface area contributed by atoms with Crippen LogP contribution in [0, 0.1) is 5.82 Å². The van der Waals surface area contributed by atoms with E-state index in [1.807, 2.05) is 0 Å². The molecular formula is C19H17FN2O4S. The highest BCUT2D eigenvalue weighted by Gasteiger charge is 2.27. The van der Waals surface area contributed by atoms with E-state index in [0.29, 0.717) is 22.8 Å². The number of urea groups is 1. The molecule has 1 N–H and O–H groups in total. The van der Waals surface area contributed by atoms with Crippen LogP contribution in [0.3, 0.4) is 0 Å². The topological polar surface area (TPSA) is 75.7 Å². The number of carbonyl (C=O) groups is 3. The Bertz CT molecular complexity index is 874. The van der Waals surface area contributed by atoms with Crippen LogP contribution in [0.25, 0.3) is 0 Å². The standard InChI is InChI=1S/C19H17FN2O4S/c20-15-7-3-1-5-13(15)12-27-16-8-4-2-6-14(16)18(24)26-11-17(23)22-10-9-21-19(22)25/h1-8H,9-12H2,(H,21,25). The van der Waals surface area contributed by atoms with Gasteiger partial charge in [-0.2, -0.15) is 0 Å². The van der Waals surface area contributed by atoms with E-state index in [2.05, 4.69) is 5.32 Å². The van der Waals surface area contributed by atoms with Crippen LogP contribution in [0.2, 0.25) is 0 Å². The molecule has 0 saturated carbocycles. The van der Waals surface area contributed by atoms with Gasteiger partial charge in [-0.25, -0.2) is 14.0 Å². The van der Waals surface area contributed by atoms with E-state index in [9.17, 15) is 18.8 Å². The Labute approximate surface area is 159 Å². The number of carbonyl (C=O) groups excluding carboxylic acids is 3. The summed E-state index contributed by atoms with van der Waals surface area (Å²) >= 11 is 1.30. The summed E-state index contributed by atoms with van der Waals surface area (Å²) in [5.74, 6) is -1.20. The molecule has 27 heavy (non-hydrogen) atoms. The van der Waals surface area contributed by atoms with E-state index in [1.54, 1.807) is 42.5 Å². The van der Waals surface area contributed by atoms with E-state index in [0.717, 1.165) is 4.90 Å². The van der Waals surface area contributed by atoms with Gasteiger partial charge in [0, 0.05) is 23.7 Å². The number of nitrogens with one attached hydrogen (secondary N) is 1. The lowest BCUT2D eigenvalue weighted by molar-refractivity contribution is -0.130. The Hall–Kier alpha value is -2.87. The van der Waals surface area contributed by atoms with Crippen LogP contribution in [-0.2, 0) is 15.3 Å². The lowest BCUT2D eigenvalue weighted by atomic mass is 10.2. The molecule has 2 aromatic rings. The van der Waals surface area contributed by atoms with Gasteiger partial charge in [-0.15, -0.1) is 11.8 Å². The molecule has 1 heterocycles. The minimum Gasteiger partial charge on any atom is -0.452 e. The van der Waals surface area contributed by atoms with Gasteiger partial charge in [-0.05, 0) is 23.8 Å². The molecule has 140 valence electrons. The lowest BCUT2D eigenvalue weighted by Gasteiger charge is -2.13. The van der Waals surface area contributed by atoms with Gasteiger partial charge in [0.15, 0.2) is 6.61 Å². The first kappa shape index (κ1) is 18.9. The van der Waals surface area contributed by atoms with Gasteiger partial charge < -0.3 is 10.1 Å². The van der Waals surface area contributed by atoms with Gasteiger partial charge in [-0.3, -0.25) is 9.69 Å². The predicted octanol–water partition coefficient (Wildman–Crippen LogP) is 2.83. The second-order valence-corrected chi connectivity index (χ2v) is 6.75. The number of esters is 1. The normalized spacial score (nSPS) is 13.4. The van der Waals surface area contributed by atoms with Crippen molar-refractivity contribution < 1.29 is 23.5 Å². The van der Waals surface area contributed by atoms with Crippen LogP contribution in [0.5, 0.6) is 0 Å². The molecular weight excluding hydrogens is 371 g/mol. The number of hydrogen-bond donors (Lipinski definition) is 1. The van der Waals surface area contributed by atoms with Crippen LogP contribution in [0.4, 0.5) is 9.18 Å². The van der Waals surface area contributed by atoms with Crippen molar-refractivity contribution in [3.8, 4) is 0 Å². The smallest absolute Gasteiger partial charge is 0.339 e. The highest BCUT2D eigenvalue weighted by molar-refractivity contribution is 7.98. The van der Waals surface area contributed by atoms with Crippen LogP contribution in [0.1, 0.15) is 15.9 Å². The summed E-state index contributed by atoms with van der Waals surface area (Å²) in [7, 11) is 0. The summed E-state index contributed by atoms with van der Waals surface area (Å²) in [6, 6.07) is 12.7. The second-order valence-electron chi connectivity index (χ2n) is 5.73. The third-order valence-corrected chi connectivity index (χ3v) is 5.05. The summed E-state index contributed by atoms with van der Waals surface area (Å²) in [6.07, 6.45) is 0. The maximum atomic E-state index is 13.8. The monoisotopic (exact) mass is 388 g/mol. The zero-order chi connectivity index (χ0) is 19.2. The van der Waals surface area contributed by atoms with E-state index in [1.165, 1.54) is 17.8 Å². The number of halogens is 1. The van der Waals surface area contributed by atoms with Crippen molar-refractivity contribution in [1.29, 1.82) is 0 Å². The number of nitrogens with zero attached hydrogens (tertiary/aromatic N) is 1. The summed E-state index contributed by atoms with van der Waals surface area (Å²) in [5, 5.41) is 2.51. The molecule has 0 radical (unpaired) electrons. The molecule has 1 fully saturated rings. The molecule has 0 spiro atoms. The molecule has 2 aromatic carbocycles. The summed E-state index contributed by atoms with van der Waals surface area (Å²) < 4.78 is 18.8. The largest absolute Gasteiger partial charge is 0.452 e. The third kappa shape index (κ3) is 4.65. The second kappa shape index (κ2) is 8.68. The van der Waals surface area contributed by atoms with Crippen molar-refractivity contribution in [2.75, 3.05) is 19.7 Å². The molecule has 1 aliphatic rings. The van der Waals surface area contributed by atoms with Crippen LogP contribution in [0.15, 0.2) is 53.4 Å². The Morgan fingerprint density at radius 1 is 1.15 bits per heavy atom. The Morgan fingerprint density at radius 3 is 2.63 bits per heavy atom. The van der Waals surface area contributed by atoms with Gasteiger partial charge >= 0.3 is 12.0 Å². The van der Waals surface area contributed by atoms with E-state index < -0.39 is 24.5 Å². The summed E-state index contributed by atoms with van der Waals surface area (Å²) in [5.41, 5.74) is 0.818. The fourth-order valence-electron chi connectivity index (χ4n) is 2.52. The van der Waals surface area contributed by atoms with E-state index in [-0.39, 0.29) is 17.9 Å². The summed E-state index contributed by atoms with van der Waals surface area (Å²) in [6.45, 7) is 0.122. The van der Waals surface area contributed by atoms with Crippen molar-refractivity contribution in [3.05, 3.63) is 65.5 Å². The van der Waals surface area contributed by atoms with Crippen molar-refractivity contribution in [2.45, 2.75) is 10.6 Å². The average molecular weight is 388 g/mol. The highest BCUT2D eigenvalue weighted by Crippen LogP contribution is 2.27. The molecule has 0 aliphatic carbocycles. The number of benzene rings is 2. The first-order valence-electron chi connectivity index (χ1n) is 8.27. The minimum absolute atomic E-state index is 0.254. The molecule has 0 atom stereocenters. The summed E-state index contributed by atoms with van der Waals surface area (Å²) in [4.78, 5) is 37.4. The van der Waals surface area contributed by atoms with Crippen molar-refractivity contribution in [2.24, 2.45) is 0 Å². The zero-order valence-corrected chi connectivity index (χ0v) is 15.1. The van der Waals surface area contributed by atoms with Crippen LogP contribution in [-0.4, -0.2) is 42.5 Å². The van der Waals surface area contributed by atoms with Crippen molar-refractivity contribution in [3.63, 3.8) is 0 Å². The zero-order valence-electron chi connectivity index (χ0n) is 14.3. The molecule has 1 aliphatic heterocycles. The van der Waals surface area contributed by atoms with Gasteiger partial charge in [0.1, 0.15) is 5.82 Å². The molecule has 8 heteroatoms. The van der Waals surface area contributed by atoms with Crippen LogP contribution < -0.4 is 5.32 Å². The number of amides is 3. The lowest BCUT2D eigenvalue weighted by Crippen LogP contribution is -2.37. The first-order chi connectivity index (χ1) is 13.1. The minimum atomic E-state index is -0.667. The predicted molar refractivity (Wildman–Crippen MR) is 97.8 cm³/mol. The molecule has 0 unspecified atom stereocenters. The van der Waals surface area contributed by atoms with Gasteiger partial charge in [-0.1, -0.05) is 30.3 Å². The third-order valence-electron chi connectivity index (χ3n) is 3.93. The molecule has 6 nitrogen and oxygen atoms in total. The molecule has 3 amide bonds. The van der Waals surface area contributed by atoms with Crippen LogP contribution >= 0.6 is 11.8 Å². The van der Waals surface area contributed by atoms with E-state index >= 15 is 0 Å². The molecule has 1 saturated heterocycles. The SMILES string of the molecule is O=C(OCC(=O)N1CCNC1=O)c1ccccc1SCc1ccccc1F. The van der Waals surface area contributed by atoms with Gasteiger partial charge in [0.25, 0.3) is 5.91 Å². The molecule has 0 bridgehead atoms. The van der Waals surface area contributed by atoms with Crippen molar-refractivity contribution in [1.82, 2.24) is 10.2 Å². The maximum Gasteiger partial charge on any atom is 0.339 e.